The molecule has 0 radical (unpaired) electrons. The summed E-state index contributed by atoms with van der Waals surface area (Å²) in [7, 11) is 4.82. The van der Waals surface area contributed by atoms with E-state index in [0.29, 0.717) is 22.2 Å². The Kier molecular flexibility index (Phi) is 19.3. The minimum atomic E-state index is 0.435. The number of nitrogens with zero attached hydrogens (tertiary/aromatic N) is 1. The average Bonchev–Trinajstić information content (AvgIpc) is 2.82. The summed E-state index contributed by atoms with van der Waals surface area (Å²) in [6, 6.07) is 11.1. The quantitative estimate of drug-likeness (QED) is 0.186. The van der Waals surface area contributed by atoms with E-state index in [1.807, 2.05) is 32.0 Å². The number of amidine groups is 1. The number of nitrogens with two attached hydrogens (primary N) is 1. The van der Waals surface area contributed by atoms with Gasteiger partial charge >= 0.3 is 0 Å². The van der Waals surface area contributed by atoms with Crippen LogP contribution in [0.5, 0.6) is 17.2 Å². The number of benzene rings is 2. The number of para-hydroxylation sites is 1. The summed E-state index contributed by atoms with van der Waals surface area (Å²) >= 11 is 9.45. The minimum absolute atomic E-state index is 0.435. The van der Waals surface area contributed by atoms with Gasteiger partial charge in [0, 0.05) is 18.0 Å². The number of ether oxygens (including phenoxy) is 3. The minimum Gasteiger partial charge on any atom is -0.495 e. The molecule has 0 atom stereocenters. The third-order valence-electron chi connectivity index (χ3n) is 3.65. The second-order valence-electron chi connectivity index (χ2n) is 6.07. The number of nitrogens with one attached hydrogen (secondary N) is 1. The molecule has 2 aromatic rings. The summed E-state index contributed by atoms with van der Waals surface area (Å²) in [6.45, 7) is 8.92. The molecule has 8 heteroatoms. The first-order chi connectivity index (χ1) is 15.8. The van der Waals surface area contributed by atoms with Crippen molar-refractivity contribution in [2.45, 2.75) is 20.8 Å². The van der Waals surface area contributed by atoms with Crippen LogP contribution in [-0.4, -0.2) is 39.6 Å². The van der Waals surface area contributed by atoms with E-state index in [2.05, 4.69) is 24.2 Å². The van der Waals surface area contributed by atoms with Gasteiger partial charge < -0.3 is 25.4 Å². The van der Waals surface area contributed by atoms with Gasteiger partial charge in [-0.25, -0.2) is 4.99 Å². The molecule has 0 fully saturated rings. The normalized spacial score (nSPS) is 10.1. The second-order valence-corrected chi connectivity index (χ2v) is 6.47. The highest BCUT2D eigenvalue weighted by Gasteiger charge is 2.05. The Morgan fingerprint density at radius 3 is 2.09 bits per heavy atom. The van der Waals surface area contributed by atoms with Crippen molar-refractivity contribution in [3.05, 3.63) is 71.4 Å². The maximum Gasteiger partial charge on any atom is 0.163 e. The standard InChI is InChI=1S/C12H14ClN3O.C9H12O2.C3H6.CH4S/c1-8(15)16-7-10(6-14)9-3-4-11(13)12(5-9)17-2;1-7-5-4-6-8(10-2)9(7)11-3;1-3-2;1-2/h3-7,14H,1-2H3,(H2,15,16);4-6H,1-3H3;3H,1H2,2H3;2H,1H3/b10-7+,14-6?;;;. The zero-order valence-corrected chi connectivity index (χ0v) is 22.1. The Morgan fingerprint density at radius 1 is 1.09 bits per heavy atom. The summed E-state index contributed by atoms with van der Waals surface area (Å²) in [5.74, 6) is 2.60. The van der Waals surface area contributed by atoms with Gasteiger partial charge in [-0.05, 0) is 56.4 Å². The fourth-order valence-corrected chi connectivity index (χ4v) is 2.45. The fraction of sp³-hybridized carbons (Fsp3) is 0.280. The zero-order chi connectivity index (χ0) is 25.8. The van der Waals surface area contributed by atoms with Gasteiger partial charge in [0.05, 0.1) is 32.2 Å². The van der Waals surface area contributed by atoms with Crippen LogP contribution in [0.15, 0.2) is 60.2 Å². The average molecular weight is 494 g/mol. The number of methoxy groups -OCH3 is 3. The number of halogens is 1. The van der Waals surface area contributed by atoms with Crippen LogP contribution in [0.4, 0.5) is 0 Å². The SMILES string of the molecule is C=CC.COc1cc(/C(C=N)=C/N=C(C)N)ccc1Cl.COc1cccc(C)c1OC.CS. The number of thiol groups is 1. The molecule has 0 aromatic heterocycles. The van der Waals surface area contributed by atoms with Gasteiger partial charge in [-0.3, -0.25) is 0 Å². The number of allylic oxidation sites excluding steroid dienone is 2. The molecule has 3 N–H and O–H groups in total. The zero-order valence-electron chi connectivity index (χ0n) is 20.5. The van der Waals surface area contributed by atoms with Crippen LogP contribution in [0.1, 0.15) is 25.0 Å². The fourth-order valence-electron chi connectivity index (χ4n) is 2.25. The molecule has 182 valence electrons. The van der Waals surface area contributed by atoms with Crippen LogP contribution in [-0.2, 0) is 0 Å². The molecule has 0 saturated heterocycles. The van der Waals surface area contributed by atoms with Crippen molar-refractivity contribution in [1.82, 2.24) is 0 Å². The van der Waals surface area contributed by atoms with E-state index in [4.69, 9.17) is 37.0 Å². The topological polar surface area (TPSA) is 89.9 Å². The molecule has 2 aromatic carbocycles. The van der Waals surface area contributed by atoms with Crippen molar-refractivity contribution < 1.29 is 14.2 Å². The van der Waals surface area contributed by atoms with E-state index in [1.165, 1.54) is 12.4 Å². The molecule has 0 amide bonds. The number of hydrogen-bond acceptors (Lipinski definition) is 6. The van der Waals surface area contributed by atoms with E-state index in [1.54, 1.807) is 58.8 Å². The number of rotatable bonds is 6. The second kappa shape index (κ2) is 19.8. The lowest BCUT2D eigenvalue weighted by Gasteiger charge is -2.08. The van der Waals surface area contributed by atoms with Crippen LogP contribution in [0.2, 0.25) is 5.02 Å². The number of hydrogen-bond donors (Lipinski definition) is 3. The smallest absolute Gasteiger partial charge is 0.163 e. The Morgan fingerprint density at radius 2 is 1.67 bits per heavy atom. The number of aliphatic imine (C=N–C) groups is 1. The highest BCUT2D eigenvalue weighted by Crippen LogP contribution is 2.29. The summed E-state index contributed by atoms with van der Waals surface area (Å²) in [6.07, 6.45) is 6.18. The lowest BCUT2D eigenvalue weighted by molar-refractivity contribution is 0.353. The third-order valence-corrected chi connectivity index (χ3v) is 3.96. The Balaban J connectivity index is 0. The predicted molar refractivity (Wildman–Crippen MR) is 147 cm³/mol. The summed E-state index contributed by atoms with van der Waals surface area (Å²) in [4.78, 5) is 3.96. The van der Waals surface area contributed by atoms with Gasteiger partial charge in [-0.2, -0.15) is 12.6 Å². The van der Waals surface area contributed by atoms with E-state index < -0.39 is 0 Å². The molecule has 6 nitrogen and oxygen atoms in total. The maximum absolute atomic E-state index is 7.35. The van der Waals surface area contributed by atoms with Crippen molar-refractivity contribution in [3.63, 3.8) is 0 Å². The van der Waals surface area contributed by atoms with Crippen LogP contribution in [0, 0.1) is 12.3 Å². The van der Waals surface area contributed by atoms with E-state index >= 15 is 0 Å². The molecule has 0 aliphatic carbocycles. The van der Waals surface area contributed by atoms with Crippen LogP contribution in [0.3, 0.4) is 0 Å². The third kappa shape index (κ3) is 12.7. The van der Waals surface area contributed by atoms with Crippen molar-refractivity contribution in [2.24, 2.45) is 10.7 Å². The monoisotopic (exact) mass is 493 g/mol. The van der Waals surface area contributed by atoms with E-state index in [0.717, 1.165) is 22.6 Å². The lowest BCUT2D eigenvalue weighted by atomic mass is 10.1. The first kappa shape index (κ1) is 32.3. The molecule has 0 aliphatic rings. The number of aryl methyl sites for hydroxylation is 1. The van der Waals surface area contributed by atoms with Crippen molar-refractivity contribution in [1.29, 1.82) is 5.41 Å². The largest absolute Gasteiger partial charge is 0.495 e. The van der Waals surface area contributed by atoms with Gasteiger partial charge in [0.1, 0.15) is 5.75 Å². The summed E-state index contributed by atoms with van der Waals surface area (Å²) < 4.78 is 15.3. The van der Waals surface area contributed by atoms with Crippen LogP contribution >= 0.6 is 24.2 Å². The maximum atomic E-state index is 7.35. The lowest BCUT2D eigenvalue weighted by Crippen LogP contribution is -2.03. The van der Waals surface area contributed by atoms with Gasteiger partial charge in [0.15, 0.2) is 11.5 Å². The van der Waals surface area contributed by atoms with Crippen LogP contribution < -0.4 is 19.9 Å². The molecule has 0 bridgehead atoms. The van der Waals surface area contributed by atoms with E-state index in [-0.39, 0.29) is 0 Å². The van der Waals surface area contributed by atoms with Gasteiger partial charge in [0.2, 0.25) is 0 Å². The summed E-state index contributed by atoms with van der Waals surface area (Å²) in [5.41, 5.74) is 7.95. The van der Waals surface area contributed by atoms with Gasteiger partial charge in [-0.1, -0.05) is 35.9 Å². The molecular formula is C25H36ClN3O3S. The van der Waals surface area contributed by atoms with Crippen molar-refractivity contribution in [2.75, 3.05) is 27.6 Å². The molecule has 0 aliphatic heterocycles. The summed E-state index contributed by atoms with van der Waals surface area (Å²) in [5, 5.41) is 7.87. The molecule has 0 heterocycles. The molecule has 0 spiro atoms. The van der Waals surface area contributed by atoms with Crippen LogP contribution in [0.25, 0.3) is 5.57 Å². The van der Waals surface area contributed by atoms with Gasteiger partial charge in [-0.15, -0.1) is 6.58 Å². The van der Waals surface area contributed by atoms with Crippen molar-refractivity contribution in [3.8, 4) is 17.2 Å². The predicted octanol–water partition coefficient (Wildman–Crippen LogP) is 6.47. The Hall–Kier alpha value is -2.90. The van der Waals surface area contributed by atoms with Gasteiger partial charge in [0.25, 0.3) is 0 Å². The van der Waals surface area contributed by atoms with E-state index in [9.17, 15) is 0 Å². The highest BCUT2D eigenvalue weighted by molar-refractivity contribution is 7.79. The van der Waals surface area contributed by atoms with Crippen molar-refractivity contribution >= 4 is 41.9 Å². The Labute approximate surface area is 209 Å². The molecular weight excluding hydrogens is 458 g/mol. The molecule has 2 rings (SSSR count). The first-order valence-corrected chi connectivity index (χ1v) is 11.1. The first-order valence-electron chi connectivity index (χ1n) is 9.83. The Bertz CT molecular complexity index is 912. The highest BCUT2D eigenvalue weighted by atomic mass is 35.5. The molecule has 33 heavy (non-hydrogen) atoms. The molecule has 0 saturated carbocycles. The molecule has 0 unspecified atom stereocenters.